The Morgan fingerprint density at radius 2 is 2.40 bits per heavy atom. The molecule has 114 valence electrons. The Kier molecular flexibility index (Phi) is 5.94. The van der Waals surface area contributed by atoms with E-state index < -0.39 is 0 Å². The third-order valence-electron chi connectivity index (χ3n) is 3.64. The number of aromatic nitrogens is 2. The van der Waals surface area contributed by atoms with Crippen molar-refractivity contribution in [1.82, 2.24) is 20.4 Å². The fourth-order valence-corrected chi connectivity index (χ4v) is 2.64. The SMILES string of the molecule is CCOC(C)c1noc(CN(C)CC2CCCNC2)n1. The maximum Gasteiger partial charge on any atom is 0.240 e. The molecule has 1 aromatic heterocycles. The molecule has 1 aliphatic heterocycles. The van der Waals surface area contributed by atoms with Crippen LogP contribution < -0.4 is 5.32 Å². The van der Waals surface area contributed by atoms with Crippen molar-refractivity contribution in [2.45, 2.75) is 39.3 Å². The third-order valence-corrected chi connectivity index (χ3v) is 3.64. The highest BCUT2D eigenvalue weighted by molar-refractivity contribution is 4.90. The first-order valence-corrected chi connectivity index (χ1v) is 7.52. The van der Waals surface area contributed by atoms with Gasteiger partial charge >= 0.3 is 0 Å². The fraction of sp³-hybridized carbons (Fsp3) is 0.857. The van der Waals surface area contributed by atoms with E-state index in [2.05, 4.69) is 27.4 Å². The van der Waals surface area contributed by atoms with Crippen LogP contribution in [0.5, 0.6) is 0 Å². The fourth-order valence-electron chi connectivity index (χ4n) is 2.64. The lowest BCUT2D eigenvalue weighted by Crippen LogP contribution is -2.36. The van der Waals surface area contributed by atoms with E-state index in [1.807, 2.05) is 13.8 Å². The molecule has 1 saturated heterocycles. The molecule has 2 heterocycles. The van der Waals surface area contributed by atoms with Crippen molar-refractivity contribution in [3.05, 3.63) is 11.7 Å². The number of nitrogens with zero attached hydrogens (tertiary/aromatic N) is 3. The monoisotopic (exact) mass is 282 g/mol. The smallest absolute Gasteiger partial charge is 0.240 e. The van der Waals surface area contributed by atoms with Crippen molar-refractivity contribution < 1.29 is 9.26 Å². The molecule has 0 amide bonds. The van der Waals surface area contributed by atoms with E-state index in [9.17, 15) is 0 Å². The Morgan fingerprint density at radius 3 is 3.10 bits per heavy atom. The summed E-state index contributed by atoms with van der Waals surface area (Å²) in [7, 11) is 2.10. The first-order chi connectivity index (χ1) is 9.69. The topological polar surface area (TPSA) is 63.4 Å². The molecule has 1 fully saturated rings. The maximum absolute atomic E-state index is 5.46. The molecule has 0 spiro atoms. The van der Waals surface area contributed by atoms with Crippen LogP contribution in [0.3, 0.4) is 0 Å². The lowest BCUT2D eigenvalue weighted by molar-refractivity contribution is 0.0683. The van der Waals surface area contributed by atoms with Crippen LogP contribution in [0.25, 0.3) is 0 Å². The van der Waals surface area contributed by atoms with Gasteiger partial charge in [0.15, 0.2) is 5.82 Å². The van der Waals surface area contributed by atoms with E-state index in [-0.39, 0.29) is 6.10 Å². The van der Waals surface area contributed by atoms with Gasteiger partial charge in [-0.3, -0.25) is 4.90 Å². The van der Waals surface area contributed by atoms with Crippen molar-refractivity contribution in [2.24, 2.45) is 5.92 Å². The largest absolute Gasteiger partial charge is 0.371 e. The van der Waals surface area contributed by atoms with Crippen molar-refractivity contribution in [3.8, 4) is 0 Å². The molecule has 0 bridgehead atoms. The van der Waals surface area contributed by atoms with E-state index in [1.54, 1.807) is 0 Å². The van der Waals surface area contributed by atoms with Gasteiger partial charge in [0.2, 0.25) is 5.89 Å². The van der Waals surface area contributed by atoms with Gasteiger partial charge in [-0.15, -0.1) is 0 Å². The average Bonchev–Trinajstić information content (AvgIpc) is 2.88. The van der Waals surface area contributed by atoms with Gasteiger partial charge < -0.3 is 14.6 Å². The summed E-state index contributed by atoms with van der Waals surface area (Å²) < 4.78 is 10.8. The summed E-state index contributed by atoms with van der Waals surface area (Å²) >= 11 is 0. The Morgan fingerprint density at radius 1 is 1.55 bits per heavy atom. The lowest BCUT2D eigenvalue weighted by atomic mass is 9.99. The zero-order chi connectivity index (χ0) is 14.4. The third kappa shape index (κ3) is 4.54. The summed E-state index contributed by atoms with van der Waals surface area (Å²) in [5.74, 6) is 2.02. The van der Waals surface area contributed by atoms with Crippen LogP contribution in [0.1, 0.15) is 44.5 Å². The molecule has 6 heteroatoms. The molecule has 2 atom stereocenters. The molecule has 0 aliphatic carbocycles. The van der Waals surface area contributed by atoms with Crippen molar-refractivity contribution >= 4 is 0 Å². The van der Waals surface area contributed by atoms with Gasteiger partial charge in [0, 0.05) is 13.2 Å². The molecular formula is C14H26N4O2. The molecule has 0 aromatic carbocycles. The molecule has 0 saturated carbocycles. The molecule has 6 nitrogen and oxygen atoms in total. The summed E-state index contributed by atoms with van der Waals surface area (Å²) in [5.41, 5.74) is 0. The molecule has 2 rings (SSSR count). The second-order valence-corrected chi connectivity index (χ2v) is 5.55. The minimum atomic E-state index is -0.106. The van der Waals surface area contributed by atoms with Gasteiger partial charge in [-0.2, -0.15) is 4.98 Å². The lowest BCUT2D eigenvalue weighted by Gasteiger charge is -2.26. The highest BCUT2D eigenvalue weighted by Gasteiger charge is 2.18. The van der Waals surface area contributed by atoms with Crippen LogP contribution in [0, 0.1) is 5.92 Å². The average molecular weight is 282 g/mol. The van der Waals surface area contributed by atoms with Crippen LogP contribution in [0.15, 0.2) is 4.52 Å². The van der Waals surface area contributed by atoms with E-state index in [0.717, 1.165) is 25.6 Å². The number of hydrogen-bond acceptors (Lipinski definition) is 6. The van der Waals surface area contributed by atoms with Crippen LogP contribution >= 0.6 is 0 Å². The van der Waals surface area contributed by atoms with Crippen molar-refractivity contribution in [3.63, 3.8) is 0 Å². The minimum absolute atomic E-state index is 0.106. The second-order valence-electron chi connectivity index (χ2n) is 5.55. The maximum atomic E-state index is 5.46. The van der Waals surface area contributed by atoms with E-state index in [4.69, 9.17) is 9.26 Å². The first-order valence-electron chi connectivity index (χ1n) is 7.52. The molecule has 1 aromatic rings. The molecule has 20 heavy (non-hydrogen) atoms. The summed E-state index contributed by atoms with van der Waals surface area (Å²) in [6.45, 7) is 8.58. The van der Waals surface area contributed by atoms with Crippen LogP contribution in [-0.2, 0) is 11.3 Å². The van der Waals surface area contributed by atoms with Crippen molar-refractivity contribution in [1.29, 1.82) is 0 Å². The zero-order valence-corrected chi connectivity index (χ0v) is 12.8. The van der Waals surface area contributed by atoms with Crippen molar-refractivity contribution in [2.75, 3.05) is 33.3 Å². The number of ether oxygens (including phenoxy) is 1. The highest BCUT2D eigenvalue weighted by Crippen LogP contribution is 2.15. The van der Waals surface area contributed by atoms with E-state index >= 15 is 0 Å². The number of rotatable bonds is 7. The summed E-state index contributed by atoms with van der Waals surface area (Å²) in [6, 6.07) is 0. The zero-order valence-electron chi connectivity index (χ0n) is 12.8. The Bertz CT molecular complexity index is 390. The Hall–Kier alpha value is -0.980. The predicted molar refractivity (Wildman–Crippen MR) is 76.3 cm³/mol. The first kappa shape index (κ1) is 15.4. The van der Waals surface area contributed by atoms with Gasteiger partial charge in [-0.1, -0.05) is 5.16 Å². The summed E-state index contributed by atoms with van der Waals surface area (Å²) in [6.07, 6.45) is 2.47. The quantitative estimate of drug-likeness (QED) is 0.819. The number of hydrogen-bond donors (Lipinski definition) is 1. The van der Waals surface area contributed by atoms with Gasteiger partial charge in [-0.25, -0.2) is 0 Å². The van der Waals surface area contributed by atoms with Crippen LogP contribution in [0.4, 0.5) is 0 Å². The predicted octanol–water partition coefficient (Wildman–Crippen LogP) is 1.60. The van der Waals surface area contributed by atoms with Gasteiger partial charge in [-0.05, 0) is 52.7 Å². The molecule has 0 radical (unpaired) electrons. The standard InChI is InChI=1S/C14H26N4O2/c1-4-19-11(2)14-16-13(20-17-14)10-18(3)9-12-6-5-7-15-8-12/h11-12,15H,4-10H2,1-3H3. The van der Waals surface area contributed by atoms with Gasteiger partial charge in [0.05, 0.1) is 6.54 Å². The second kappa shape index (κ2) is 7.71. The van der Waals surface area contributed by atoms with Gasteiger partial charge in [0.25, 0.3) is 0 Å². The molecular weight excluding hydrogens is 256 g/mol. The summed E-state index contributed by atoms with van der Waals surface area (Å²) in [4.78, 5) is 6.65. The number of piperidine rings is 1. The summed E-state index contributed by atoms with van der Waals surface area (Å²) in [5, 5.41) is 7.43. The molecule has 1 aliphatic rings. The van der Waals surface area contributed by atoms with Gasteiger partial charge in [0.1, 0.15) is 6.10 Å². The Balaban J connectivity index is 1.80. The van der Waals surface area contributed by atoms with Crippen LogP contribution in [0.2, 0.25) is 0 Å². The van der Waals surface area contributed by atoms with Crippen LogP contribution in [-0.4, -0.2) is 48.3 Å². The molecule has 2 unspecified atom stereocenters. The normalized spacial score (nSPS) is 21.3. The van der Waals surface area contributed by atoms with E-state index in [1.165, 1.54) is 12.8 Å². The van der Waals surface area contributed by atoms with E-state index in [0.29, 0.717) is 24.9 Å². The molecule has 1 N–H and O–H groups in total. The minimum Gasteiger partial charge on any atom is -0.371 e. The number of nitrogens with one attached hydrogen (secondary N) is 1. The highest BCUT2D eigenvalue weighted by atomic mass is 16.5. The Labute approximate surface area is 120 Å².